The largest absolute Gasteiger partial charge is 0.494 e. The van der Waals surface area contributed by atoms with Gasteiger partial charge in [-0.25, -0.2) is 4.98 Å². The molecule has 0 radical (unpaired) electrons. The fraction of sp³-hybridized carbons (Fsp3) is 0.409. The number of rotatable bonds is 8. The number of nitrogens with one attached hydrogen (secondary N) is 1. The molecule has 0 bridgehead atoms. The summed E-state index contributed by atoms with van der Waals surface area (Å²) in [5, 5.41) is 3.31. The minimum atomic E-state index is 0.698. The van der Waals surface area contributed by atoms with Gasteiger partial charge in [0, 0.05) is 31.5 Å². The van der Waals surface area contributed by atoms with Crippen LogP contribution in [-0.4, -0.2) is 29.6 Å². The first-order valence-corrected chi connectivity index (χ1v) is 9.58. The van der Waals surface area contributed by atoms with Gasteiger partial charge in [0.15, 0.2) is 0 Å². The summed E-state index contributed by atoms with van der Waals surface area (Å²) in [6.45, 7) is 10.0. The summed E-state index contributed by atoms with van der Waals surface area (Å²) in [5.41, 5.74) is 4.06. The molecule has 2 heterocycles. The number of pyridine rings is 1. The molecule has 2 aromatic rings. The van der Waals surface area contributed by atoms with E-state index in [4.69, 9.17) is 4.74 Å². The lowest BCUT2D eigenvalue weighted by atomic mass is 10.0. The van der Waals surface area contributed by atoms with Crippen molar-refractivity contribution in [3.63, 3.8) is 0 Å². The van der Waals surface area contributed by atoms with E-state index in [0.29, 0.717) is 6.61 Å². The number of anilines is 1. The standard InChI is InChI=1S/C22H29N3O/c1-3-14-25-17-20-16-21(11-10-19(20)9-8-18(25)2)26-15-6-13-24-22-7-4-5-12-23-22/h4-5,7,10-12,16H,2-3,6,8-9,13-15,17H2,1H3,(H,23,24). The maximum Gasteiger partial charge on any atom is 0.125 e. The normalized spacial score (nSPS) is 13.9. The molecule has 4 heteroatoms. The Morgan fingerprint density at radius 1 is 1.19 bits per heavy atom. The first-order chi connectivity index (χ1) is 12.8. The van der Waals surface area contributed by atoms with Gasteiger partial charge in [0.25, 0.3) is 0 Å². The Hall–Kier alpha value is -2.49. The molecule has 0 fully saturated rings. The molecular formula is C22H29N3O. The van der Waals surface area contributed by atoms with E-state index in [0.717, 1.165) is 56.9 Å². The van der Waals surface area contributed by atoms with Crippen LogP contribution in [0.25, 0.3) is 0 Å². The predicted molar refractivity (Wildman–Crippen MR) is 107 cm³/mol. The van der Waals surface area contributed by atoms with Crippen molar-refractivity contribution in [1.82, 2.24) is 9.88 Å². The Balaban J connectivity index is 1.50. The zero-order chi connectivity index (χ0) is 18.2. The highest BCUT2D eigenvalue weighted by Crippen LogP contribution is 2.27. The van der Waals surface area contributed by atoms with Crippen molar-refractivity contribution >= 4 is 5.82 Å². The summed E-state index contributed by atoms with van der Waals surface area (Å²) in [4.78, 5) is 6.67. The lowest BCUT2D eigenvalue weighted by molar-refractivity contribution is 0.312. The lowest BCUT2D eigenvalue weighted by Gasteiger charge is -2.24. The number of fused-ring (bicyclic) bond motifs is 1. The van der Waals surface area contributed by atoms with Gasteiger partial charge in [-0.15, -0.1) is 0 Å². The smallest absolute Gasteiger partial charge is 0.125 e. The molecule has 0 spiro atoms. The third-order valence-corrected chi connectivity index (χ3v) is 4.72. The van der Waals surface area contributed by atoms with Gasteiger partial charge in [-0.05, 0) is 61.1 Å². The number of nitrogens with zero attached hydrogens (tertiary/aromatic N) is 2. The van der Waals surface area contributed by atoms with E-state index >= 15 is 0 Å². The molecule has 0 aliphatic carbocycles. The van der Waals surface area contributed by atoms with Crippen molar-refractivity contribution < 1.29 is 4.74 Å². The van der Waals surface area contributed by atoms with Crippen molar-refractivity contribution in [3.05, 3.63) is 66.0 Å². The second-order valence-corrected chi connectivity index (χ2v) is 6.76. The van der Waals surface area contributed by atoms with Crippen molar-refractivity contribution in [2.45, 2.75) is 39.2 Å². The minimum Gasteiger partial charge on any atom is -0.494 e. The average Bonchev–Trinajstić information content (AvgIpc) is 2.82. The Bertz CT molecular complexity index is 715. The third-order valence-electron chi connectivity index (χ3n) is 4.72. The first kappa shape index (κ1) is 18.3. The number of benzene rings is 1. The highest BCUT2D eigenvalue weighted by Gasteiger charge is 2.16. The quantitative estimate of drug-likeness (QED) is 0.703. The van der Waals surface area contributed by atoms with E-state index in [1.54, 1.807) is 6.20 Å². The topological polar surface area (TPSA) is 37.4 Å². The summed E-state index contributed by atoms with van der Waals surface area (Å²) < 4.78 is 5.97. The van der Waals surface area contributed by atoms with Gasteiger partial charge in [-0.3, -0.25) is 0 Å². The Morgan fingerprint density at radius 3 is 2.92 bits per heavy atom. The molecular weight excluding hydrogens is 322 g/mol. The molecule has 0 atom stereocenters. The fourth-order valence-corrected chi connectivity index (χ4v) is 3.29. The molecule has 0 amide bonds. The van der Waals surface area contributed by atoms with Crippen LogP contribution < -0.4 is 10.1 Å². The second-order valence-electron chi connectivity index (χ2n) is 6.76. The molecule has 26 heavy (non-hydrogen) atoms. The number of ether oxygens (including phenoxy) is 1. The molecule has 138 valence electrons. The van der Waals surface area contributed by atoms with Crippen LogP contribution >= 0.6 is 0 Å². The van der Waals surface area contributed by atoms with Crippen molar-refractivity contribution in [2.24, 2.45) is 0 Å². The summed E-state index contributed by atoms with van der Waals surface area (Å²) >= 11 is 0. The molecule has 1 aliphatic heterocycles. The SMILES string of the molecule is C=C1CCc2ccc(OCCCNc3ccccn3)cc2CN1CCC. The van der Waals surface area contributed by atoms with Crippen LogP contribution in [0.15, 0.2) is 54.9 Å². The molecule has 3 rings (SSSR count). The van der Waals surface area contributed by atoms with E-state index in [1.807, 2.05) is 18.2 Å². The number of hydrogen-bond acceptors (Lipinski definition) is 4. The molecule has 0 saturated heterocycles. The van der Waals surface area contributed by atoms with Crippen LogP contribution in [-0.2, 0) is 13.0 Å². The molecule has 0 saturated carbocycles. The van der Waals surface area contributed by atoms with Gasteiger partial charge in [-0.2, -0.15) is 0 Å². The molecule has 1 aromatic carbocycles. The summed E-state index contributed by atoms with van der Waals surface area (Å²) in [7, 11) is 0. The van der Waals surface area contributed by atoms with Crippen molar-refractivity contribution in [3.8, 4) is 5.75 Å². The Morgan fingerprint density at radius 2 is 2.12 bits per heavy atom. The predicted octanol–water partition coefficient (Wildman–Crippen LogP) is 4.63. The van der Waals surface area contributed by atoms with E-state index < -0.39 is 0 Å². The number of aromatic nitrogens is 1. The van der Waals surface area contributed by atoms with Crippen LogP contribution in [0, 0.1) is 0 Å². The van der Waals surface area contributed by atoms with Gasteiger partial charge in [0.2, 0.25) is 0 Å². The molecule has 1 aromatic heterocycles. The van der Waals surface area contributed by atoms with Gasteiger partial charge in [0.1, 0.15) is 11.6 Å². The minimum absolute atomic E-state index is 0.698. The molecule has 1 aliphatic rings. The first-order valence-electron chi connectivity index (χ1n) is 9.58. The van der Waals surface area contributed by atoms with Crippen LogP contribution in [0.1, 0.15) is 37.3 Å². The highest BCUT2D eigenvalue weighted by molar-refractivity contribution is 5.37. The Kier molecular flexibility index (Phi) is 6.53. The average molecular weight is 351 g/mol. The van der Waals surface area contributed by atoms with Gasteiger partial charge >= 0.3 is 0 Å². The van der Waals surface area contributed by atoms with Gasteiger partial charge < -0.3 is 15.0 Å². The van der Waals surface area contributed by atoms with E-state index in [9.17, 15) is 0 Å². The van der Waals surface area contributed by atoms with Crippen LogP contribution in [0.5, 0.6) is 5.75 Å². The van der Waals surface area contributed by atoms with Crippen LogP contribution in [0.3, 0.4) is 0 Å². The maximum absolute atomic E-state index is 5.97. The van der Waals surface area contributed by atoms with Crippen LogP contribution in [0.4, 0.5) is 5.82 Å². The van der Waals surface area contributed by atoms with E-state index in [2.05, 4.69) is 46.9 Å². The number of aryl methyl sites for hydroxylation is 1. The van der Waals surface area contributed by atoms with Gasteiger partial charge in [-0.1, -0.05) is 25.6 Å². The van der Waals surface area contributed by atoms with Crippen molar-refractivity contribution in [2.75, 3.05) is 25.0 Å². The molecule has 4 nitrogen and oxygen atoms in total. The Labute approximate surface area is 156 Å². The molecule has 0 unspecified atom stereocenters. The molecule has 1 N–H and O–H groups in total. The third kappa shape index (κ3) is 5.01. The summed E-state index contributed by atoms with van der Waals surface area (Å²) in [6.07, 6.45) is 6.00. The highest BCUT2D eigenvalue weighted by atomic mass is 16.5. The fourth-order valence-electron chi connectivity index (χ4n) is 3.29. The zero-order valence-corrected chi connectivity index (χ0v) is 15.7. The van der Waals surface area contributed by atoms with Crippen molar-refractivity contribution in [1.29, 1.82) is 0 Å². The summed E-state index contributed by atoms with van der Waals surface area (Å²) in [5.74, 6) is 1.87. The summed E-state index contributed by atoms with van der Waals surface area (Å²) in [6, 6.07) is 12.4. The van der Waals surface area contributed by atoms with Gasteiger partial charge in [0.05, 0.1) is 6.61 Å². The van der Waals surface area contributed by atoms with E-state index in [-0.39, 0.29) is 0 Å². The van der Waals surface area contributed by atoms with Crippen LogP contribution in [0.2, 0.25) is 0 Å². The maximum atomic E-state index is 5.97. The number of hydrogen-bond donors (Lipinski definition) is 1. The lowest BCUT2D eigenvalue weighted by Crippen LogP contribution is -2.21. The monoisotopic (exact) mass is 351 g/mol. The second kappa shape index (κ2) is 9.27. The van der Waals surface area contributed by atoms with E-state index in [1.165, 1.54) is 16.8 Å². The zero-order valence-electron chi connectivity index (χ0n) is 15.7. The number of allylic oxidation sites excluding steroid dienone is 1.